The first-order valence-electron chi connectivity index (χ1n) is 8.07. The van der Waals surface area contributed by atoms with Gasteiger partial charge in [0.25, 0.3) is 5.91 Å². The molecule has 1 fully saturated rings. The molecule has 1 aliphatic heterocycles. The van der Waals surface area contributed by atoms with Crippen molar-refractivity contribution >= 4 is 23.4 Å². The molecule has 0 bridgehead atoms. The molecule has 2 atom stereocenters. The zero-order valence-electron chi connectivity index (χ0n) is 13.7. The van der Waals surface area contributed by atoms with Crippen LogP contribution in [0.25, 0.3) is 0 Å². The Morgan fingerprint density at radius 3 is 2.91 bits per heavy atom. The highest BCUT2D eigenvalue weighted by Crippen LogP contribution is 2.24. The van der Waals surface area contributed by atoms with Gasteiger partial charge in [-0.15, -0.1) is 11.8 Å². The van der Waals surface area contributed by atoms with Crippen LogP contribution in [0.2, 0.25) is 0 Å². The van der Waals surface area contributed by atoms with Crippen LogP contribution in [-0.4, -0.2) is 29.8 Å². The summed E-state index contributed by atoms with van der Waals surface area (Å²) in [5, 5.41) is 3.08. The topological polar surface area (TPSA) is 38.5 Å². The minimum Gasteiger partial charge on any atom is -0.350 e. The molecular formula is C18H24N3OS+. The lowest BCUT2D eigenvalue weighted by Gasteiger charge is -2.22. The van der Waals surface area contributed by atoms with E-state index >= 15 is 0 Å². The molecule has 5 heteroatoms. The third-order valence-electron chi connectivity index (χ3n) is 4.59. The highest BCUT2D eigenvalue weighted by atomic mass is 32.2. The summed E-state index contributed by atoms with van der Waals surface area (Å²) in [7, 11) is 2.08. The van der Waals surface area contributed by atoms with Crippen molar-refractivity contribution in [2.45, 2.75) is 23.8 Å². The van der Waals surface area contributed by atoms with Crippen LogP contribution in [-0.2, 0) is 11.8 Å². The number of likely N-dealkylation sites (tertiary alicyclic amines) is 1. The number of aryl methyl sites for hydroxylation is 1. The number of hydrogen-bond donors (Lipinski definition) is 2. The number of aromatic nitrogens is 1. The number of hydrogen-bond acceptors (Lipinski definition) is 2. The Hall–Kier alpha value is -1.72. The molecular weight excluding hydrogens is 306 g/mol. The van der Waals surface area contributed by atoms with Gasteiger partial charge in [-0.1, -0.05) is 12.1 Å². The van der Waals surface area contributed by atoms with E-state index in [2.05, 4.69) is 35.3 Å². The lowest BCUT2D eigenvalue weighted by Crippen LogP contribution is -3.11. The normalized spacial score (nSPS) is 20.6. The zero-order valence-corrected chi connectivity index (χ0v) is 14.5. The summed E-state index contributed by atoms with van der Waals surface area (Å²) in [5.74, 6) is 0.0996. The van der Waals surface area contributed by atoms with Crippen LogP contribution in [0, 0.1) is 0 Å². The van der Waals surface area contributed by atoms with Crippen molar-refractivity contribution in [2.24, 2.45) is 7.05 Å². The maximum atomic E-state index is 12.5. The van der Waals surface area contributed by atoms with Gasteiger partial charge in [0.15, 0.2) is 6.54 Å². The molecule has 0 radical (unpaired) electrons. The smallest absolute Gasteiger partial charge is 0.279 e. The number of benzene rings is 1. The second kappa shape index (κ2) is 7.23. The van der Waals surface area contributed by atoms with Gasteiger partial charge < -0.3 is 14.8 Å². The van der Waals surface area contributed by atoms with E-state index in [1.54, 1.807) is 11.8 Å². The average molecular weight is 330 g/mol. The summed E-state index contributed by atoms with van der Waals surface area (Å²) in [6.07, 6.45) is 6.45. The van der Waals surface area contributed by atoms with Crippen molar-refractivity contribution in [3.63, 3.8) is 0 Å². The first kappa shape index (κ1) is 16.1. The van der Waals surface area contributed by atoms with Crippen LogP contribution in [0.5, 0.6) is 0 Å². The molecule has 1 aromatic carbocycles. The summed E-state index contributed by atoms with van der Waals surface area (Å²) in [6.45, 7) is 1.59. The van der Waals surface area contributed by atoms with Gasteiger partial charge in [-0.05, 0) is 30.5 Å². The van der Waals surface area contributed by atoms with E-state index in [1.165, 1.54) is 17.0 Å². The van der Waals surface area contributed by atoms with Crippen molar-refractivity contribution in [1.29, 1.82) is 0 Å². The molecule has 2 aromatic rings. The SMILES string of the molecule is CSc1ccccc1NC(=O)C[NH+]1CCC[C@H]1c1cccn1C. The quantitative estimate of drug-likeness (QED) is 0.824. The Labute approximate surface area is 141 Å². The zero-order chi connectivity index (χ0) is 16.2. The van der Waals surface area contributed by atoms with Crippen LogP contribution in [0.3, 0.4) is 0 Å². The van der Waals surface area contributed by atoms with E-state index in [1.807, 2.05) is 30.5 Å². The predicted molar refractivity (Wildman–Crippen MR) is 94.9 cm³/mol. The van der Waals surface area contributed by atoms with Crippen LogP contribution in [0.1, 0.15) is 24.6 Å². The minimum atomic E-state index is 0.0996. The summed E-state index contributed by atoms with van der Waals surface area (Å²) in [6, 6.07) is 12.7. The average Bonchev–Trinajstić information content (AvgIpc) is 3.16. The molecule has 1 aromatic heterocycles. The van der Waals surface area contributed by atoms with Crippen LogP contribution < -0.4 is 10.2 Å². The molecule has 1 aliphatic rings. The number of rotatable bonds is 5. The molecule has 23 heavy (non-hydrogen) atoms. The fourth-order valence-corrected chi connectivity index (χ4v) is 4.02. The number of anilines is 1. The molecule has 0 aliphatic carbocycles. The highest BCUT2D eigenvalue weighted by Gasteiger charge is 2.33. The first-order chi connectivity index (χ1) is 11.2. The van der Waals surface area contributed by atoms with Crippen molar-refractivity contribution < 1.29 is 9.69 Å². The van der Waals surface area contributed by atoms with Gasteiger partial charge in [-0.25, -0.2) is 0 Å². The van der Waals surface area contributed by atoms with Crippen molar-refractivity contribution in [1.82, 2.24) is 4.57 Å². The summed E-state index contributed by atoms with van der Waals surface area (Å²) >= 11 is 1.66. The largest absolute Gasteiger partial charge is 0.350 e. The summed E-state index contributed by atoms with van der Waals surface area (Å²) in [5.41, 5.74) is 2.24. The Morgan fingerprint density at radius 2 is 2.17 bits per heavy atom. The molecule has 0 saturated carbocycles. The molecule has 0 spiro atoms. The number of thioether (sulfide) groups is 1. The third-order valence-corrected chi connectivity index (χ3v) is 5.39. The van der Waals surface area contributed by atoms with Gasteiger partial charge in [-0.3, -0.25) is 4.79 Å². The van der Waals surface area contributed by atoms with E-state index in [4.69, 9.17) is 0 Å². The second-order valence-corrected chi connectivity index (χ2v) is 6.92. The number of nitrogens with zero attached hydrogens (tertiary/aromatic N) is 1. The maximum absolute atomic E-state index is 12.5. The Balaban J connectivity index is 1.66. The van der Waals surface area contributed by atoms with E-state index in [-0.39, 0.29) is 5.91 Å². The number of nitrogens with one attached hydrogen (secondary N) is 2. The highest BCUT2D eigenvalue weighted by molar-refractivity contribution is 7.98. The van der Waals surface area contributed by atoms with E-state index in [0.717, 1.165) is 23.5 Å². The lowest BCUT2D eigenvalue weighted by molar-refractivity contribution is -0.910. The molecule has 1 unspecified atom stereocenters. The molecule has 2 heterocycles. The monoisotopic (exact) mass is 330 g/mol. The third kappa shape index (κ3) is 3.62. The number of amides is 1. The van der Waals surface area contributed by atoms with Gasteiger partial charge in [0, 0.05) is 31.0 Å². The number of para-hydroxylation sites is 1. The van der Waals surface area contributed by atoms with Gasteiger partial charge >= 0.3 is 0 Å². The lowest BCUT2D eigenvalue weighted by atomic mass is 10.1. The Morgan fingerprint density at radius 1 is 1.35 bits per heavy atom. The number of quaternary nitrogens is 1. The minimum absolute atomic E-state index is 0.0996. The fourth-order valence-electron chi connectivity index (χ4n) is 3.47. The van der Waals surface area contributed by atoms with Crippen LogP contribution in [0.15, 0.2) is 47.5 Å². The van der Waals surface area contributed by atoms with Crippen molar-refractivity contribution in [2.75, 3.05) is 24.7 Å². The van der Waals surface area contributed by atoms with Gasteiger partial charge in [-0.2, -0.15) is 0 Å². The first-order valence-corrected chi connectivity index (χ1v) is 9.30. The molecule has 122 valence electrons. The Kier molecular flexibility index (Phi) is 5.08. The molecule has 1 saturated heterocycles. The number of carbonyl (C=O) groups excluding carboxylic acids is 1. The summed E-state index contributed by atoms with van der Waals surface area (Å²) < 4.78 is 2.18. The van der Waals surface area contributed by atoms with Gasteiger partial charge in [0.2, 0.25) is 0 Å². The van der Waals surface area contributed by atoms with E-state index in [0.29, 0.717) is 12.6 Å². The maximum Gasteiger partial charge on any atom is 0.279 e. The van der Waals surface area contributed by atoms with Crippen molar-refractivity contribution in [3.05, 3.63) is 48.3 Å². The van der Waals surface area contributed by atoms with E-state index in [9.17, 15) is 4.79 Å². The fraction of sp³-hybridized carbons (Fsp3) is 0.389. The molecule has 3 rings (SSSR count). The van der Waals surface area contributed by atoms with Gasteiger partial charge in [0.05, 0.1) is 17.9 Å². The van der Waals surface area contributed by atoms with Crippen LogP contribution in [0.4, 0.5) is 5.69 Å². The molecule has 2 N–H and O–H groups in total. The molecule has 4 nitrogen and oxygen atoms in total. The van der Waals surface area contributed by atoms with Crippen molar-refractivity contribution in [3.8, 4) is 0 Å². The summed E-state index contributed by atoms with van der Waals surface area (Å²) in [4.78, 5) is 15.0. The molecule has 1 amide bonds. The van der Waals surface area contributed by atoms with Crippen LogP contribution >= 0.6 is 11.8 Å². The standard InChI is InChI=1S/C18H23N3OS/c1-20-11-5-8-15(20)16-9-6-12-21(16)13-18(22)19-14-7-3-4-10-17(14)23-2/h3-5,7-8,10-11,16H,6,9,12-13H2,1-2H3,(H,19,22)/p+1/t16-/m0/s1. The second-order valence-electron chi connectivity index (χ2n) is 6.07. The van der Waals surface area contributed by atoms with E-state index < -0.39 is 0 Å². The Bertz CT molecular complexity index is 682. The van der Waals surface area contributed by atoms with Gasteiger partial charge in [0.1, 0.15) is 6.04 Å². The number of carbonyl (C=O) groups is 1. The predicted octanol–water partition coefficient (Wildman–Crippen LogP) is 2.11.